The highest BCUT2D eigenvalue weighted by atomic mass is 79.9. The zero-order valence-corrected chi connectivity index (χ0v) is 8.80. The van der Waals surface area contributed by atoms with Crippen molar-refractivity contribution < 1.29 is 0 Å². The molecule has 0 aliphatic heterocycles. The second-order valence-corrected chi connectivity index (χ2v) is 3.53. The van der Waals surface area contributed by atoms with Gasteiger partial charge in [0, 0.05) is 6.20 Å². The van der Waals surface area contributed by atoms with Crippen LogP contribution in [0.4, 0.5) is 0 Å². The molecule has 0 unspecified atom stereocenters. The topological polar surface area (TPSA) is 41.6 Å². The molecule has 5 heteroatoms. The van der Waals surface area contributed by atoms with Gasteiger partial charge in [-0.25, -0.2) is 4.98 Å². The molecule has 0 aliphatic carbocycles. The minimum Gasteiger partial charge on any atom is -0.327 e. The van der Waals surface area contributed by atoms with Crippen molar-refractivity contribution in [2.45, 2.75) is 0 Å². The van der Waals surface area contributed by atoms with Crippen LogP contribution in [0.5, 0.6) is 0 Å². The highest BCUT2D eigenvalue weighted by Gasteiger charge is 2.07. The molecule has 0 amide bonds. The van der Waals surface area contributed by atoms with Crippen LogP contribution in [-0.2, 0) is 0 Å². The molecule has 0 radical (unpaired) electrons. The molecule has 1 N–H and O–H groups in total. The average molecular weight is 259 g/mol. The molecule has 2 rings (SSSR count). The van der Waals surface area contributed by atoms with Crippen molar-refractivity contribution in [3.05, 3.63) is 34.2 Å². The summed E-state index contributed by atoms with van der Waals surface area (Å²) in [7, 11) is 0. The maximum atomic E-state index is 5.79. The summed E-state index contributed by atoms with van der Waals surface area (Å²) in [6, 6.07) is 5.61. The third kappa shape index (κ3) is 1.73. The highest BCUT2D eigenvalue weighted by Crippen LogP contribution is 2.23. The predicted octanol–water partition coefficient (Wildman–Crippen LogP) is 2.89. The first-order chi connectivity index (χ1) is 6.27. The number of aromatic amines is 1. The monoisotopic (exact) mass is 257 g/mol. The van der Waals surface area contributed by atoms with Gasteiger partial charge < -0.3 is 4.98 Å². The van der Waals surface area contributed by atoms with Gasteiger partial charge in [0.15, 0.2) is 5.82 Å². The van der Waals surface area contributed by atoms with Crippen LogP contribution in [0.15, 0.2) is 29.0 Å². The molecule has 13 heavy (non-hydrogen) atoms. The number of halogens is 2. The van der Waals surface area contributed by atoms with E-state index in [9.17, 15) is 0 Å². The quantitative estimate of drug-likeness (QED) is 0.854. The first kappa shape index (κ1) is 8.72. The number of H-pyrrole nitrogens is 1. The van der Waals surface area contributed by atoms with Crippen molar-refractivity contribution in [3.63, 3.8) is 0 Å². The number of hydrogen-bond donors (Lipinski definition) is 1. The van der Waals surface area contributed by atoms with Crippen LogP contribution < -0.4 is 0 Å². The summed E-state index contributed by atoms with van der Waals surface area (Å²) in [5.41, 5.74) is 0.773. The molecule has 2 aromatic rings. The number of aromatic nitrogens is 3. The van der Waals surface area contributed by atoms with E-state index in [1.807, 2.05) is 18.2 Å². The van der Waals surface area contributed by atoms with E-state index in [-0.39, 0.29) is 0 Å². The fourth-order valence-electron chi connectivity index (χ4n) is 0.955. The smallest absolute Gasteiger partial charge is 0.158 e. The Balaban J connectivity index is 2.48. The van der Waals surface area contributed by atoms with Gasteiger partial charge in [-0.05, 0) is 28.1 Å². The van der Waals surface area contributed by atoms with E-state index >= 15 is 0 Å². The second kappa shape index (κ2) is 3.47. The average Bonchev–Trinajstić information content (AvgIpc) is 2.49. The number of imidazole rings is 1. The highest BCUT2D eigenvalue weighted by molar-refractivity contribution is 9.10. The molecule has 0 aromatic carbocycles. The van der Waals surface area contributed by atoms with Gasteiger partial charge in [0.2, 0.25) is 0 Å². The molecule has 0 spiro atoms. The maximum Gasteiger partial charge on any atom is 0.158 e. The van der Waals surface area contributed by atoms with E-state index in [1.165, 1.54) is 0 Å². The van der Waals surface area contributed by atoms with Gasteiger partial charge in [-0.3, -0.25) is 4.98 Å². The maximum absolute atomic E-state index is 5.79. The Bertz CT molecular complexity index is 393. The zero-order valence-electron chi connectivity index (χ0n) is 6.46. The fourth-order valence-corrected chi connectivity index (χ4v) is 1.36. The normalized spacial score (nSPS) is 10.3. The Morgan fingerprint density at radius 3 is 2.77 bits per heavy atom. The van der Waals surface area contributed by atoms with E-state index < -0.39 is 0 Å². The van der Waals surface area contributed by atoms with E-state index in [0.29, 0.717) is 15.6 Å². The summed E-state index contributed by atoms with van der Waals surface area (Å²) < 4.78 is 0.606. The van der Waals surface area contributed by atoms with Crippen LogP contribution in [0.3, 0.4) is 0 Å². The summed E-state index contributed by atoms with van der Waals surface area (Å²) in [6.07, 6.45) is 1.71. The molecule has 0 aliphatic rings. The Morgan fingerprint density at radius 1 is 1.38 bits per heavy atom. The summed E-state index contributed by atoms with van der Waals surface area (Å²) >= 11 is 9.00. The SMILES string of the molecule is Clc1[nH]c(-c2ccccn2)nc1Br. The predicted molar refractivity (Wildman–Crippen MR) is 54.5 cm³/mol. The number of hydrogen-bond acceptors (Lipinski definition) is 2. The van der Waals surface area contributed by atoms with Crippen molar-refractivity contribution in [3.8, 4) is 11.5 Å². The molecule has 0 atom stereocenters. The van der Waals surface area contributed by atoms with E-state index in [0.717, 1.165) is 5.69 Å². The van der Waals surface area contributed by atoms with Gasteiger partial charge >= 0.3 is 0 Å². The van der Waals surface area contributed by atoms with Crippen LogP contribution in [0, 0.1) is 0 Å². The Kier molecular flexibility index (Phi) is 2.33. The summed E-state index contributed by atoms with van der Waals surface area (Å²) in [4.78, 5) is 11.2. The van der Waals surface area contributed by atoms with Crippen molar-refractivity contribution in [1.29, 1.82) is 0 Å². The van der Waals surface area contributed by atoms with E-state index in [1.54, 1.807) is 6.20 Å². The molecule has 2 aromatic heterocycles. The first-order valence-electron chi connectivity index (χ1n) is 3.60. The second-order valence-electron chi connectivity index (χ2n) is 2.41. The lowest BCUT2D eigenvalue weighted by Crippen LogP contribution is -1.83. The van der Waals surface area contributed by atoms with Gasteiger partial charge in [-0.2, -0.15) is 0 Å². The minimum atomic E-state index is 0.487. The van der Waals surface area contributed by atoms with Crippen molar-refractivity contribution in [2.75, 3.05) is 0 Å². The first-order valence-corrected chi connectivity index (χ1v) is 4.77. The van der Waals surface area contributed by atoms with Crippen LogP contribution in [0.2, 0.25) is 5.15 Å². The number of rotatable bonds is 1. The number of pyridine rings is 1. The Morgan fingerprint density at radius 2 is 2.23 bits per heavy atom. The molecular weight excluding hydrogens is 253 g/mol. The third-order valence-corrected chi connectivity index (χ3v) is 2.60. The van der Waals surface area contributed by atoms with E-state index in [2.05, 4.69) is 30.9 Å². The van der Waals surface area contributed by atoms with Gasteiger partial charge in [0.25, 0.3) is 0 Å². The van der Waals surface area contributed by atoms with Crippen LogP contribution in [-0.4, -0.2) is 15.0 Å². The molecule has 0 saturated heterocycles. The summed E-state index contributed by atoms with van der Waals surface area (Å²) in [6.45, 7) is 0. The molecule has 3 nitrogen and oxygen atoms in total. The molecule has 0 fully saturated rings. The molecule has 2 heterocycles. The summed E-state index contributed by atoms with van der Waals surface area (Å²) in [5.74, 6) is 0.664. The lowest BCUT2D eigenvalue weighted by atomic mass is 10.3. The van der Waals surface area contributed by atoms with Crippen LogP contribution in [0.1, 0.15) is 0 Å². The van der Waals surface area contributed by atoms with E-state index in [4.69, 9.17) is 11.6 Å². The lowest BCUT2D eigenvalue weighted by Gasteiger charge is -1.92. The lowest BCUT2D eigenvalue weighted by molar-refractivity contribution is 1.22. The fraction of sp³-hybridized carbons (Fsp3) is 0. The largest absolute Gasteiger partial charge is 0.327 e. The van der Waals surface area contributed by atoms with Gasteiger partial charge in [0.05, 0.1) is 0 Å². The van der Waals surface area contributed by atoms with Gasteiger partial charge in [-0.15, -0.1) is 0 Å². The number of nitrogens with zero attached hydrogens (tertiary/aromatic N) is 2. The minimum absolute atomic E-state index is 0.487. The number of nitrogens with one attached hydrogen (secondary N) is 1. The molecule has 66 valence electrons. The molecule has 0 saturated carbocycles. The molecule has 0 bridgehead atoms. The third-order valence-electron chi connectivity index (χ3n) is 1.53. The van der Waals surface area contributed by atoms with Crippen LogP contribution >= 0.6 is 27.5 Å². The van der Waals surface area contributed by atoms with Gasteiger partial charge in [-0.1, -0.05) is 17.7 Å². The van der Waals surface area contributed by atoms with Crippen molar-refractivity contribution >= 4 is 27.5 Å². The van der Waals surface area contributed by atoms with Gasteiger partial charge in [0.1, 0.15) is 15.5 Å². The molecular formula is C8H5BrClN3. The van der Waals surface area contributed by atoms with Crippen LogP contribution in [0.25, 0.3) is 11.5 Å². The zero-order chi connectivity index (χ0) is 9.26. The van der Waals surface area contributed by atoms with Crippen molar-refractivity contribution in [1.82, 2.24) is 15.0 Å². The Hall–Kier alpha value is -0.870. The Labute approximate surface area is 88.3 Å². The van der Waals surface area contributed by atoms with Crippen molar-refractivity contribution in [2.24, 2.45) is 0 Å². The standard InChI is InChI=1S/C8H5BrClN3/c9-6-7(10)13-8(12-6)5-3-1-2-4-11-5/h1-4H,(H,12,13). The summed E-state index contributed by atoms with van der Waals surface area (Å²) in [5, 5.41) is 0.487.